The number of allylic oxidation sites excluding steroid dienone is 2. The minimum absolute atomic E-state index is 0.0873. The summed E-state index contributed by atoms with van der Waals surface area (Å²) in [6.07, 6.45) is 2.27. The second-order valence-electron chi connectivity index (χ2n) is 10.3. The Hall–Kier alpha value is -1.81. The second kappa shape index (κ2) is 6.87. The van der Waals surface area contributed by atoms with Crippen molar-refractivity contribution >= 4 is 23.2 Å². The number of fused-ring (bicyclic) bond motifs is 1. The Morgan fingerprint density at radius 2 is 1.79 bits per heavy atom. The lowest BCUT2D eigenvalue weighted by atomic mass is 9.60. The third-order valence-corrected chi connectivity index (χ3v) is 6.85. The number of Topliss-reactive ketones (excluding diaryl/α,β-unsaturated/α-hetero) is 2. The number of benzene rings is 1. The Kier molecular flexibility index (Phi) is 4.85. The van der Waals surface area contributed by atoms with E-state index < -0.39 is 0 Å². The molecule has 1 aromatic carbocycles. The van der Waals surface area contributed by atoms with Crippen LogP contribution < -0.4 is 4.74 Å². The van der Waals surface area contributed by atoms with Gasteiger partial charge in [0.1, 0.15) is 23.4 Å². The van der Waals surface area contributed by atoms with Crippen molar-refractivity contribution < 1.29 is 19.1 Å². The topological polar surface area (TPSA) is 52.6 Å². The molecule has 0 aromatic heterocycles. The van der Waals surface area contributed by atoms with E-state index in [9.17, 15) is 9.59 Å². The van der Waals surface area contributed by atoms with E-state index in [1.807, 2.05) is 18.2 Å². The Morgan fingerprint density at radius 1 is 1.07 bits per heavy atom. The summed E-state index contributed by atoms with van der Waals surface area (Å²) in [7, 11) is 1.57. The summed E-state index contributed by atoms with van der Waals surface area (Å²) in [6.45, 7) is 8.42. The first-order chi connectivity index (χ1) is 13.5. The number of carbonyl (C=O) groups excluding carboxylic acids is 2. The molecule has 2 aliphatic carbocycles. The number of hydrogen-bond donors (Lipinski definition) is 0. The van der Waals surface area contributed by atoms with E-state index in [4.69, 9.17) is 21.1 Å². The first-order valence-corrected chi connectivity index (χ1v) is 10.7. The largest absolute Gasteiger partial charge is 0.495 e. The quantitative estimate of drug-likeness (QED) is 0.640. The molecule has 29 heavy (non-hydrogen) atoms. The predicted molar refractivity (Wildman–Crippen MR) is 112 cm³/mol. The minimum atomic E-state index is -0.351. The van der Waals surface area contributed by atoms with Gasteiger partial charge >= 0.3 is 0 Å². The van der Waals surface area contributed by atoms with Gasteiger partial charge in [0.15, 0.2) is 5.78 Å². The first kappa shape index (κ1) is 20.5. The van der Waals surface area contributed by atoms with Crippen molar-refractivity contribution in [3.8, 4) is 5.75 Å². The van der Waals surface area contributed by atoms with Crippen LogP contribution in [0, 0.1) is 16.7 Å². The van der Waals surface area contributed by atoms with Crippen LogP contribution in [-0.2, 0) is 14.3 Å². The van der Waals surface area contributed by atoms with Crippen LogP contribution >= 0.6 is 11.6 Å². The van der Waals surface area contributed by atoms with Crippen LogP contribution in [-0.4, -0.2) is 24.8 Å². The second-order valence-corrected chi connectivity index (χ2v) is 10.8. The highest BCUT2D eigenvalue weighted by Gasteiger charge is 2.53. The molecule has 5 heteroatoms. The standard InChI is InChI=1S/C24H29ClO4/c1-23(2)9-15(26)21-18(11-23)29-19-12-24(3,4)10-16(27)22(19)20(21)13-6-7-17(28-5)14(25)8-13/h6-8,18,20-21H,9-12H2,1-5H3. The molecule has 0 bridgehead atoms. The van der Waals surface area contributed by atoms with Crippen molar-refractivity contribution in [2.75, 3.05) is 7.11 Å². The molecule has 1 saturated carbocycles. The van der Waals surface area contributed by atoms with Crippen molar-refractivity contribution in [1.29, 1.82) is 0 Å². The summed E-state index contributed by atoms with van der Waals surface area (Å²) < 4.78 is 11.7. The first-order valence-electron chi connectivity index (χ1n) is 10.3. The molecule has 4 nitrogen and oxygen atoms in total. The van der Waals surface area contributed by atoms with E-state index in [1.54, 1.807) is 7.11 Å². The summed E-state index contributed by atoms with van der Waals surface area (Å²) in [4.78, 5) is 26.5. The van der Waals surface area contributed by atoms with E-state index in [2.05, 4.69) is 27.7 Å². The van der Waals surface area contributed by atoms with Gasteiger partial charge in [-0.1, -0.05) is 45.4 Å². The molecule has 0 amide bonds. The van der Waals surface area contributed by atoms with Crippen LogP contribution in [0.15, 0.2) is 29.5 Å². The maximum Gasteiger partial charge on any atom is 0.163 e. The molecule has 0 saturated heterocycles. The van der Waals surface area contributed by atoms with Gasteiger partial charge in [-0.2, -0.15) is 0 Å². The monoisotopic (exact) mass is 416 g/mol. The van der Waals surface area contributed by atoms with Crippen molar-refractivity contribution in [2.45, 2.75) is 65.4 Å². The molecule has 1 aliphatic heterocycles. The normalized spacial score (nSPS) is 30.3. The van der Waals surface area contributed by atoms with Gasteiger partial charge in [-0.25, -0.2) is 0 Å². The van der Waals surface area contributed by atoms with Gasteiger partial charge in [0.05, 0.1) is 18.1 Å². The molecule has 4 rings (SSSR count). The van der Waals surface area contributed by atoms with E-state index in [0.29, 0.717) is 35.6 Å². The Labute approximate surface area is 177 Å². The molecule has 156 valence electrons. The Morgan fingerprint density at radius 3 is 2.45 bits per heavy atom. The molecule has 1 fully saturated rings. The summed E-state index contributed by atoms with van der Waals surface area (Å²) >= 11 is 6.42. The molecule has 3 aliphatic rings. The Balaban J connectivity index is 1.87. The Bertz CT molecular complexity index is 911. The number of halogens is 1. The average molecular weight is 417 g/mol. The number of ketones is 2. The molecule has 1 aromatic rings. The SMILES string of the molecule is COc1ccc(C2C3=C(CC(C)(C)CC3=O)OC3CC(C)(C)CC(=O)C32)cc1Cl. The molecule has 0 spiro atoms. The van der Waals surface area contributed by atoms with E-state index in [0.717, 1.165) is 17.7 Å². The summed E-state index contributed by atoms with van der Waals surface area (Å²) in [5, 5.41) is 0.488. The number of methoxy groups -OCH3 is 1. The van der Waals surface area contributed by atoms with Crippen LogP contribution in [0.4, 0.5) is 0 Å². The van der Waals surface area contributed by atoms with E-state index in [1.165, 1.54) is 0 Å². The zero-order valence-electron chi connectivity index (χ0n) is 17.8. The number of ether oxygens (including phenoxy) is 2. The number of rotatable bonds is 2. The third kappa shape index (κ3) is 3.61. The lowest BCUT2D eigenvalue weighted by Gasteiger charge is -2.49. The van der Waals surface area contributed by atoms with Crippen molar-refractivity contribution in [2.24, 2.45) is 16.7 Å². The van der Waals surface area contributed by atoms with Gasteiger partial charge in [-0.15, -0.1) is 0 Å². The summed E-state index contributed by atoms with van der Waals surface area (Å²) in [6, 6.07) is 5.59. The number of carbonyl (C=O) groups is 2. The van der Waals surface area contributed by atoms with Gasteiger partial charge in [-0.3, -0.25) is 9.59 Å². The van der Waals surface area contributed by atoms with Gasteiger partial charge in [-0.05, 0) is 34.9 Å². The lowest BCUT2D eigenvalue weighted by molar-refractivity contribution is -0.140. The van der Waals surface area contributed by atoms with Crippen LogP contribution in [0.3, 0.4) is 0 Å². The highest BCUT2D eigenvalue weighted by atomic mass is 35.5. The van der Waals surface area contributed by atoms with E-state index in [-0.39, 0.29) is 40.3 Å². The van der Waals surface area contributed by atoms with Crippen molar-refractivity contribution in [3.63, 3.8) is 0 Å². The van der Waals surface area contributed by atoms with Gasteiger partial charge in [0.2, 0.25) is 0 Å². The summed E-state index contributed by atoms with van der Waals surface area (Å²) in [5.74, 6) is 0.961. The van der Waals surface area contributed by atoms with Crippen LogP contribution in [0.1, 0.15) is 64.9 Å². The van der Waals surface area contributed by atoms with Gasteiger partial charge < -0.3 is 9.47 Å². The fraction of sp³-hybridized carbons (Fsp3) is 0.583. The highest BCUT2D eigenvalue weighted by Crippen LogP contribution is 2.54. The highest BCUT2D eigenvalue weighted by molar-refractivity contribution is 6.32. The molecule has 0 radical (unpaired) electrons. The maximum atomic E-state index is 13.3. The zero-order valence-corrected chi connectivity index (χ0v) is 18.6. The average Bonchev–Trinajstić information content (AvgIpc) is 2.57. The zero-order chi connectivity index (χ0) is 21.1. The lowest BCUT2D eigenvalue weighted by Crippen LogP contribution is -2.49. The van der Waals surface area contributed by atoms with Crippen molar-refractivity contribution in [1.82, 2.24) is 0 Å². The molecular formula is C24H29ClO4. The summed E-state index contributed by atoms with van der Waals surface area (Å²) in [5.41, 5.74) is 1.33. The van der Waals surface area contributed by atoms with Gasteiger partial charge in [0.25, 0.3) is 0 Å². The fourth-order valence-electron chi connectivity index (χ4n) is 5.40. The minimum Gasteiger partial charge on any atom is -0.495 e. The maximum absolute atomic E-state index is 13.3. The van der Waals surface area contributed by atoms with Crippen LogP contribution in [0.25, 0.3) is 0 Å². The van der Waals surface area contributed by atoms with Crippen molar-refractivity contribution in [3.05, 3.63) is 40.1 Å². The van der Waals surface area contributed by atoms with Crippen LogP contribution in [0.2, 0.25) is 5.02 Å². The van der Waals surface area contributed by atoms with Crippen LogP contribution in [0.5, 0.6) is 5.75 Å². The molecular weight excluding hydrogens is 388 g/mol. The number of hydrogen-bond acceptors (Lipinski definition) is 4. The van der Waals surface area contributed by atoms with E-state index >= 15 is 0 Å². The molecule has 3 unspecified atom stereocenters. The smallest absolute Gasteiger partial charge is 0.163 e. The molecule has 1 heterocycles. The third-order valence-electron chi connectivity index (χ3n) is 6.56. The fourth-order valence-corrected chi connectivity index (χ4v) is 5.66. The van der Waals surface area contributed by atoms with Gasteiger partial charge in [0, 0.05) is 30.8 Å². The predicted octanol–water partition coefficient (Wildman–Crippen LogP) is 5.48. The molecule has 0 N–H and O–H groups in total. The molecule has 3 atom stereocenters.